The van der Waals surface area contributed by atoms with Gasteiger partial charge in [-0.15, -0.1) is 0 Å². The minimum atomic E-state index is -1.13. The fraction of sp³-hybridized carbons (Fsp3) is 0.261. The Balaban J connectivity index is 2.09. The lowest BCUT2D eigenvalue weighted by Gasteiger charge is -2.31. The number of H-pyrrole nitrogens is 1. The molecule has 1 aliphatic heterocycles. The molecule has 0 spiro atoms. The smallest absolute Gasteiger partial charge is 0.325 e. The van der Waals surface area contributed by atoms with E-state index in [2.05, 4.69) is 10.1 Å². The Morgan fingerprint density at radius 2 is 2.00 bits per heavy atom. The number of para-hydroxylation sites is 1. The Labute approximate surface area is 203 Å². The van der Waals surface area contributed by atoms with Crippen LogP contribution in [0.3, 0.4) is 0 Å². The van der Waals surface area contributed by atoms with E-state index in [1.807, 2.05) is 6.92 Å². The largest absolute Gasteiger partial charge is 0.426 e. The van der Waals surface area contributed by atoms with Crippen LogP contribution < -0.4 is 19.9 Å². The van der Waals surface area contributed by atoms with Crippen molar-refractivity contribution >= 4 is 35.0 Å². The number of amides is 1. The van der Waals surface area contributed by atoms with Crippen LogP contribution in [0.2, 0.25) is 0 Å². The Kier molecular flexibility index (Phi) is 6.65. The SMILES string of the molecule is CCCSc1n[n+]2c(c(=O)[nH]1)-c1ccccc1N(C(C)=O)C2c1cc([N+](=O)[O-])ccc1OC(C)=O. The predicted molar refractivity (Wildman–Crippen MR) is 127 cm³/mol. The average Bonchev–Trinajstić information content (AvgIpc) is 2.81. The summed E-state index contributed by atoms with van der Waals surface area (Å²) in [6.07, 6.45) is -0.293. The van der Waals surface area contributed by atoms with E-state index >= 15 is 0 Å². The first kappa shape index (κ1) is 24.1. The van der Waals surface area contributed by atoms with Gasteiger partial charge in [-0.05, 0) is 29.3 Å². The third-order valence-electron chi connectivity index (χ3n) is 5.28. The van der Waals surface area contributed by atoms with Gasteiger partial charge in [0.25, 0.3) is 11.9 Å². The van der Waals surface area contributed by atoms with E-state index in [1.54, 1.807) is 24.3 Å². The Bertz CT molecular complexity index is 1410. The molecule has 1 amide bonds. The van der Waals surface area contributed by atoms with Gasteiger partial charge in [0.1, 0.15) is 5.75 Å². The van der Waals surface area contributed by atoms with Crippen molar-refractivity contribution in [2.24, 2.45) is 0 Å². The number of rotatable bonds is 6. The molecule has 2 aromatic carbocycles. The van der Waals surface area contributed by atoms with E-state index in [0.29, 0.717) is 22.2 Å². The number of aromatic nitrogens is 3. The zero-order valence-corrected chi connectivity index (χ0v) is 20.0. The van der Waals surface area contributed by atoms with Crippen molar-refractivity contribution in [2.45, 2.75) is 38.5 Å². The molecule has 1 unspecified atom stereocenters. The topological polar surface area (TPSA) is 139 Å². The molecule has 3 aromatic rings. The van der Waals surface area contributed by atoms with Crippen LogP contribution in [0.15, 0.2) is 52.4 Å². The quantitative estimate of drug-likeness (QED) is 0.137. The van der Waals surface area contributed by atoms with Crippen molar-refractivity contribution in [1.29, 1.82) is 0 Å². The lowest BCUT2D eigenvalue weighted by molar-refractivity contribution is -0.763. The second kappa shape index (κ2) is 9.66. The normalized spacial score (nSPS) is 14.1. The Hall–Kier alpha value is -4.06. The Morgan fingerprint density at radius 1 is 1.26 bits per heavy atom. The zero-order valence-electron chi connectivity index (χ0n) is 19.2. The molecule has 0 bridgehead atoms. The lowest BCUT2D eigenvalue weighted by Crippen LogP contribution is -2.60. The minimum Gasteiger partial charge on any atom is -0.426 e. The number of nitro benzene ring substituents is 1. The molecular weight excluding hydrogens is 474 g/mol. The summed E-state index contributed by atoms with van der Waals surface area (Å²) >= 11 is 1.33. The molecular formula is C23H22N5O6S+. The van der Waals surface area contributed by atoms with Crippen LogP contribution in [0.25, 0.3) is 11.3 Å². The molecule has 0 saturated heterocycles. The molecule has 11 nitrogen and oxygen atoms in total. The first-order valence-corrected chi connectivity index (χ1v) is 11.8. The van der Waals surface area contributed by atoms with Crippen molar-refractivity contribution in [3.63, 3.8) is 0 Å². The van der Waals surface area contributed by atoms with E-state index in [0.717, 1.165) is 6.42 Å². The fourth-order valence-corrected chi connectivity index (χ4v) is 4.66. The number of benzene rings is 2. The van der Waals surface area contributed by atoms with Gasteiger partial charge in [-0.1, -0.05) is 30.8 Å². The van der Waals surface area contributed by atoms with E-state index in [1.165, 1.54) is 53.4 Å². The van der Waals surface area contributed by atoms with Crippen molar-refractivity contribution in [1.82, 2.24) is 10.1 Å². The number of fused-ring (bicyclic) bond motifs is 3. The number of ether oxygens (including phenoxy) is 1. The number of non-ortho nitro benzene ring substituents is 1. The number of nitrogens with one attached hydrogen (secondary N) is 1. The van der Waals surface area contributed by atoms with Gasteiger partial charge in [-0.2, -0.15) is 0 Å². The number of nitro groups is 1. The number of nitrogens with zero attached hydrogens (tertiary/aromatic N) is 4. The zero-order chi connectivity index (χ0) is 25.3. The van der Waals surface area contributed by atoms with Gasteiger partial charge >= 0.3 is 17.2 Å². The van der Waals surface area contributed by atoms with Crippen LogP contribution in [-0.2, 0) is 9.59 Å². The summed E-state index contributed by atoms with van der Waals surface area (Å²) in [6, 6.07) is 10.6. The summed E-state index contributed by atoms with van der Waals surface area (Å²) in [4.78, 5) is 53.3. The highest BCUT2D eigenvalue weighted by Crippen LogP contribution is 2.40. The highest BCUT2D eigenvalue weighted by Gasteiger charge is 2.46. The van der Waals surface area contributed by atoms with Gasteiger partial charge < -0.3 is 4.74 Å². The molecule has 0 saturated carbocycles. The van der Waals surface area contributed by atoms with Gasteiger partial charge in [0.2, 0.25) is 11.1 Å². The maximum absolute atomic E-state index is 13.3. The van der Waals surface area contributed by atoms with Gasteiger partial charge in [-0.3, -0.25) is 29.5 Å². The number of thioether (sulfide) groups is 1. The third kappa shape index (κ3) is 4.52. The molecule has 180 valence electrons. The number of carbonyl (C=O) groups excluding carboxylic acids is 2. The summed E-state index contributed by atoms with van der Waals surface area (Å²) in [6.45, 7) is 4.54. The number of hydrogen-bond acceptors (Lipinski definition) is 8. The highest BCUT2D eigenvalue weighted by molar-refractivity contribution is 7.99. The molecule has 0 aliphatic carbocycles. The molecule has 1 aliphatic rings. The molecule has 1 aromatic heterocycles. The molecule has 12 heteroatoms. The molecule has 4 rings (SSSR count). The van der Waals surface area contributed by atoms with Crippen LogP contribution in [0.1, 0.15) is 38.9 Å². The molecule has 0 fully saturated rings. The van der Waals surface area contributed by atoms with Crippen LogP contribution >= 0.6 is 11.8 Å². The van der Waals surface area contributed by atoms with Crippen molar-refractivity contribution in [3.8, 4) is 17.0 Å². The van der Waals surface area contributed by atoms with Gasteiger partial charge in [0.05, 0.1) is 21.7 Å². The van der Waals surface area contributed by atoms with Crippen LogP contribution in [0.4, 0.5) is 11.4 Å². The molecule has 35 heavy (non-hydrogen) atoms. The maximum atomic E-state index is 13.3. The van der Waals surface area contributed by atoms with Gasteiger partial charge in [0, 0.05) is 36.8 Å². The third-order valence-corrected chi connectivity index (χ3v) is 6.35. The van der Waals surface area contributed by atoms with Crippen molar-refractivity contribution < 1.29 is 23.9 Å². The molecule has 2 heterocycles. The second-order valence-electron chi connectivity index (χ2n) is 7.75. The fourth-order valence-electron chi connectivity index (χ4n) is 3.96. The summed E-state index contributed by atoms with van der Waals surface area (Å²) in [5.41, 5.74) is 0.495. The van der Waals surface area contributed by atoms with E-state index < -0.39 is 28.5 Å². The summed E-state index contributed by atoms with van der Waals surface area (Å²) in [5, 5.41) is 16.5. The average molecular weight is 497 g/mol. The number of anilines is 1. The van der Waals surface area contributed by atoms with Crippen molar-refractivity contribution in [2.75, 3.05) is 10.7 Å². The van der Waals surface area contributed by atoms with E-state index in [4.69, 9.17) is 4.74 Å². The molecule has 0 radical (unpaired) electrons. The lowest BCUT2D eigenvalue weighted by atomic mass is 10.0. The van der Waals surface area contributed by atoms with Gasteiger partial charge in [-0.25, -0.2) is 4.90 Å². The summed E-state index contributed by atoms with van der Waals surface area (Å²) < 4.78 is 6.73. The number of carbonyl (C=O) groups is 2. The van der Waals surface area contributed by atoms with Crippen LogP contribution in [0.5, 0.6) is 5.75 Å². The minimum absolute atomic E-state index is 0.0158. The summed E-state index contributed by atoms with van der Waals surface area (Å²) in [7, 11) is 0. The van der Waals surface area contributed by atoms with E-state index in [9.17, 15) is 24.5 Å². The Morgan fingerprint density at radius 3 is 2.66 bits per heavy atom. The standard InChI is InChI=1S/C23H21N5O6S/c1-4-11-35-23-24-21(31)20-16-7-5-6-8-18(16)26(13(2)29)22(27(20)25-23)17-12-15(28(32)33)9-10-19(17)34-14(3)30/h5-10,12,22H,4,11H2,1-3H3/p+1. The molecule has 1 atom stereocenters. The van der Waals surface area contributed by atoms with Crippen molar-refractivity contribution in [3.05, 3.63) is 68.5 Å². The van der Waals surface area contributed by atoms with Crippen LogP contribution in [0, 0.1) is 10.1 Å². The number of aromatic amines is 1. The van der Waals surface area contributed by atoms with Gasteiger partial charge in [0.15, 0.2) is 0 Å². The summed E-state index contributed by atoms with van der Waals surface area (Å²) in [5.74, 6) is -0.336. The maximum Gasteiger partial charge on any atom is 0.325 e. The molecule has 1 N–H and O–H groups in total. The highest BCUT2D eigenvalue weighted by atomic mass is 32.2. The second-order valence-corrected chi connectivity index (χ2v) is 8.84. The first-order chi connectivity index (χ1) is 16.7. The van der Waals surface area contributed by atoms with E-state index in [-0.39, 0.29) is 22.7 Å². The first-order valence-electron chi connectivity index (χ1n) is 10.8. The predicted octanol–water partition coefficient (Wildman–Crippen LogP) is 2.97. The number of hydrogen-bond donors (Lipinski definition) is 1. The van der Waals surface area contributed by atoms with Crippen LogP contribution in [-0.4, -0.2) is 32.6 Å². The monoisotopic (exact) mass is 496 g/mol. The number of esters is 1.